The molecule has 2 amide bonds. The Bertz CT molecular complexity index is 1040. The minimum atomic E-state index is -0.993. The maximum absolute atomic E-state index is 12.8. The van der Waals surface area contributed by atoms with Gasteiger partial charge in [0.05, 0.1) is 24.7 Å². The third-order valence-corrected chi connectivity index (χ3v) is 6.67. The van der Waals surface area contributed by atoms with Gasteiger partial charge in [-0.15, -0.1) is 0 Å². The van der Waals surface area contributed by atoms with Gasteiger partial charge in [0, 0.05) is 19.6 Å². The fourth-order valence-corrected chi connectivity index (χ4v) is 4.64. The standard InChI is InChI=1S/C26H30N2O7/c1-15(33-2)23(24(29)27-12-17-11-16(13-34-17)25(30)31)28-26(32)35-14-22-20-9-5-3-7-18(20)19-8-4-6-10-21(19)22/h3-10,15-17,22-23H,11-14H2,1-2H3,(H,27,29)(H,28,32)(H,30,31)/t15?,16-,17-,23?/m0/s1. The molecule has 2 aliphatic rings. The molecule has 0 radical (unpaired) electrons. The molecule has 1 fully saturated rings. The van der Waals surface area contributed by atoms with Gasteiger partial charge < -0.3 is 30.0 Å². The van der Waals surface area contributed by atoms with Crippen LogP contribution in [0.4, 0.5) is 4.79 Å². The Morgan fingerprint density at radius 3 is 2.29 bits per heavy atom. The number of hydrogen-bond donors (Lipinski definition) is 3. The van der Waals surface area contributed by atoms with Gasteiger partial charge in [0.15, 0.2) is 0 Å². The largest absolute Gasteiger partial charge is 0.481 e. The molecule has 3 N–H and O–H groups in total. The van der Waals surface area contributed by atoms with E-state index in [1.807, 2.05) is 36.4 Å². The van der Waals surface area contributed by atoms with Crippen LogP contribution in [0.3, 0.4) is 0 Å². The molecule has 4 rings (SSSR count). The van der Waals surface area contributed by atoms with Crippen molar-refractivity contribution in [1.82, 2.24) is 10.6 Å². The number of hydrogen-bond acceptors (Lipinski definition) is 6. The summed E-state index contributed by atoms with van der Waals surface area (Å²) in [5.41, 5.74) is 4.44. The average molecular weight is 483 g/mol. The van der Waals surface area contributed by atoms with E-state index in [9.17, 15) is 14.4 Å². The van der Waals surface area contributed by atoms with Crippen LogP contribution >= 0.6 is 0 Å². The first kappa shape index (κ1) is 24.7. The van der Waals surface area contributed by atoms with E-state index in [0.717, 1.165) is 22.3 Å². The van der Waals surface area contributed by atoms with E-state index in [4.69, 9.17) is 19.3 Å². The van der Waals surface area contributed by atoms with Gasteiger partial charge in [-0.2, -0.15) is 0 Å². The summed E-state index contributed by atoms with van der Waals surface area (Å²) in [7, 11) is 1.45. The minimum absolute atomic E-state index is 0.0954. The Morgan fingerprint density at radius 2 is 1.71 bits per heavy atom. The molecular formula is C26H30N2O7. The van der Waals surface area contributed by atoms with E-state index in [0.29, 0.717) is 6.42 Å². The molecular weight excluding hydrogens is 452 g/mol. The van der Waals surface area contributed by atoms with Crippen LogP contribution in [0.1, 0.15) is 30.4 Å². The number of alkyl carbamates (subject to hydrolysis) is 1. The second-order valence-corrected chi connectivity index (χ2v) is 8.86. The second kappa shape index (κ2) is 10.9. The highest BCUT2D eigenvalue weighted by molar-refractivity contribution is 5.86. The molecule has 9 heteroatoms. The van der Waals surface area contributed by atoms with Gasteiger partial charge in [-0.1, -0.05) is 48.5 Å². The summed E-state index contributed by atoms with van der Waals surface area (Å²) in [5, 5.41) is 14.4. The number of rotatable bonds is 9. The van der Waals surface area contributed by atoms with E-state index in [1.54, 1.807) is 6.92 Å². The number of ether oxygens (including phenoxy) is 3. The van der Waals surface area contributed by atoms with Crippen LogP contribution in [-0.4, -0.2) is 68.2 Å². The predicted molar refractivity (Wildman–Crippen MR) is 127 cm³/mol. The zero-order valence-corrected chi connectivity index (χ0v) is 19.7. The molecule has 2 unspecified atom stereocenters. The zero-order valence-electron chi connectivity index (χ0n) is 19.7. The van der Waals surface area contributed by atoms with Crippen molar-refractivity contribution in [3.63, 3.8) is 0 Å². The first-order valence-electron chi connectivity index (χ1n) is 11.7. The lowest BCUT2D eigenvalue weighted by molar-refractivity contribution is -0.141. The highest BCUT2D eigenvalue weighted by atomic mass is 16.5. The van der Waals surface area contributed by atoms with Crippen LogP contribution in [0.25, 0.3) is 11.1 Å². The van der Waals surface area contributed by atoms with Gasteiger partial charge in [-0.05, 0) is 35.6 Å². The Morgan fingerprint density at radius 1 is 1.09 bits per heavy atom. The molecule has 9 nitrogen and oxygen atoms in total. The van der Waals surface area contributed by atoms with Gasteiger partial charge in [-0.25, -0.2) is 4.79 Å². The maximum atomic E-state index is 12.8. The number of carbonyl (C=O) groups excluding carboxylic acids is 2. The van der Waals surface area contributed by atoms with Crippen molar-refractivity contribution in [1.29, 1.82) is 0 Å². The molecule has 2 aromatic rings. The summed E-state index contributed by atoms with van der Waals surface area (Å²) in [5.74, 6) is -2.05. The number of aliphatic carboxylic acids is 1. The number of nitrogens with one attached hydrogen (secondary N) is 2. The third-order valence-electron chi connectivity index (χ3n) is 6.67. The van der Waals surface area contributed by atoms with Crippen LogP contribution in [0, 0.1) is 5.92 Å². The molecule has 186 valence electrons. The number of carboxylic acids is 1. The average Bonchev–Trinajstić information content (AvgIpc) is 3.47. The molecule has 0 aromatic heterocycles. The predicted octanol–water partition coefficient (Wildman–Crippen LogP) is 2.53. The maximum Gasteiger partial charge on any atom is 0.407 e. The van der Waals surface area contributed by atoms with E-state index >= 15 is 0 Å². The molecule has 0 spiro atoms. The summed E-state index contributed by atoms with van der Waals surface area (Å²) in [6.07, 6.45) is -1.42. The van der Waals surface area contributed by atoms with Gasteiger partial charge >= 0.3 is 12.1 Å². The molecule has 35 heavy (non-hydrogen) atoms. The lowest BCUT2D eigenvalue weighted by atomic mass is 9.98. The SMILES string of the molecule is COC(C)C(NC(=O)OCC1c2ccccc2-c2ccccc21)C(=O)NC[C@@H]1C[C@H](C(=O)O)CO1. The van der Waals surface area contributed by atoms with E-state index in [-0.39, 0.29) is 25.7 Å². The molecule has 0 saturated carbocycles. The number of methoxy groups -OCH3 is 1. The van der Waals surface area contributed by atoms with Crippen LogP contribution in [0.2, 0.25) is 0 Å². The van der Waals surface area contributed by atoms with Crippen LogP contribution in [-0.2, 0) is 23.8 Å². The summed E-state index contributed by atoms with van der Waals surface area (Å²) in [4.78, 5) is 36.6. The number of carboxylic acid groups (broad SMARTS) is 1. The Kier molecular flexibility index (Phi) is 7.67. The first-order valence-corrected chi connectivity index (χ1v) is 11.7. The number of carbonyl (C=O) groups is 3. The van der Waals surface area contributed by atoms with Crippen molar-refractivity contribution in [2.45, 2.75) is 37.5 Å². The van der Waals surface area contributed by atoms with Crippen LogP contribution in [0.5, 0.6) is 0 Å². The third kappa shape index (κ3) is 5.47. The minimum Gasteiger partial charge on any atom is -0.481 e. The fraction of sp³-hybridized carbons (Fsp3) is 0.423. The first-order chi connectivity index (χ1) is 16.9. The topological polar surface area (TPSA) is 123 Å². The van der Waals surface area contributed by atoms with Crippen molar-refractivity contribution < 1.29 is 33.7 Å². The van der Waals surface area contributed by atoms with Crippen molar-refractivity contribution in [2.75, 3.05) is 26.9 Å². The molecule has 1 heterocycles. The fourth-order valence-electron chi connectivity index (χ4n) is 4.64. The van der Waals surface area contributed by atoms with Crippen LogP contribution < -0.4 is 10.6 Å². The summed E-state index contributed by atoms with van der Waals surface area (Å²) in [6, 6.07) is 15.1. The monoisotopic (exact) mass is 482 g/mol. The van der Waals surface area contributed by atoms with E-state index in [2.05, 4.69) is 22.8 Å². The number of amides is 2. The Labute approximate surface area is 203 Å². The summed E-state index contributed by atoms with van der Waals surface area (Å²) < 4.78 is 16.3. The Hall–Kier alpha value is -3.43. The molecule has 2 aromatic carbocycles. The summed E-state index contributed by atoms with van der Waals surface area (Å²) in [6.45, 7) is 2.05. The highest BCUT2D eigenvalue weighted by Crippen LogP contribution is 2.44. The molecule has 0 bridgehead atoms. The van der Waals surface area contributed by atoms with E-state index < -0.39 is 42.1 Å². The van der Waals surface area contributed by atoms with Crippen molar-refractivity contribution in [2.24, 2.45) is 5.92 Å². The lowest BCUT2D eigenvalue weighted by Gasteiger charge is -2.24. The second-order valence-electron chi connectivity index (χ2n) is 8.86. The highest BCUT2D eigenvalue weighted by Gasteiger charge is 2.33. The molecule has 1 aliphatic heterocycles. The lowest BCUT2D eigenvalue weighted by Crippen LogP contribution is -2.54. The zero-order chi connectivity index (χ0) is 24.9. The number of benzene rings is 2. The summed E-state index contributed by atoms with van der Waals surface area (Å²) >= 11 is 0. The molecule has 1 saturated heterocycles. The molecule has 1 aliphatic carbocycles. The molecule has 4 atom stereocenters. The Balaban J connectivity index is 1.34. The number of fused-ring (bicyclic) bond motifs is 3. The van der Waals surface area contributed by atoms with Crippen molar-refractivity contribution in [3.05, 3.63) is 59.7 Å². The normalized spacial score (nSPS) is 20.4. The smallest absolute Gasteiger partial charge is 0.407 e. The van der Waals surface area contributed by atoms with Gasteiger partial charge in [0.1, 0.15) is 12.6 Å². The van der Waals surface area contributed by atoms with E-state index in [1.165, 1.54) is 7.11 Å². The van der Waals surface area contributed by atoms with Gasteiger partial charge in [-0.3, -0.25) is 9.59 Å². The van der Waals surface area contributed by atoms with Crippen molar-refractivity contribution >= 4 is 18.0 Å². The van der Waals surface area contributed by atoms with Gasteiger partial charge in [0.2, 0.25) is 5.91 Å². The quantitative estimate of drug-likeness (QED) is 0.502. The van der Waals surface area contributed by atoms with Crippen molar-refractivity contribution in [3.8, 4) is 11.1 Å². The van der Waals surface area contributed by atoms with Crippen LogP contribution in [0.15, 0.2) is 48.5 Å². The van der Waals surface area contributed by atoms with Gasteiger partial charge in [0.25, 0.3) is 0 Å².